The average molecular weight is 966 g/mol. The third-order valence-corrected chi connectivity index (χ3v) is 14.0. The fourth-order valence-corrected chi connectivity index (χ4v) is 9.85. The van der Waals surface area contributed by atoms with Crippen molar-refractivity contribution >= 4 is 46.3 Å². The third-order valence-electron chi connectivity index (χ3n) is 14.0. The Morgan fingerprint density at radius 1 is 0.831 bits per heavy atom. The van der Waals surface area contributed by atoms with Crippen molar-refractivity contribution in [3.05, 3.63) is 102 Å². The van der Waals surface area contributed by atoms with Gasteiger partial charge in [0.15, 0.2) is 11.6 Å². The minimum Gasteiger partial charge on any atom is -0.508 e. The number of aromatic hydroxyl groups is 3. The van der Waals surface area contributed by atoms with Gasteiger partial charge in [-0.05, 0) is 118 Å². The number of ether oxygens (including phenoxy) is 2. The highest BCUT2D eigenvalue weighted by molar-refractivity contribution is 6.13. The number of piperidine rings is 2. The van der Waals surface area contributed by atoms with Crippen LogP contribution in [0.2, 0.25) is 0 Å². The zero-order chi connectivity index (χ0) is 49.8. The lowest BCUT2D eigenvalue weighted by Gasteiger charge is -2.33. The van der Waals surface area contributed by atoms with Crippen LogP contribution in [-0.4, -0.2) is 124 Å². The molecule has 0 radical (unpaired) electrons. The van der Waals surface area contributed by atoms with E-state index in [9.17, 15) is 24.9 Å². The molecule has 2 saturated heterocycles. The van der Waals surface area contributed by atoms with Gasteiger partial charge in [0.25, 0.3) is 5.91 Å². The van der Waals surface area contributed by atoms with E-state index < -0.39 is 0 Å². The number of carbonyl (C=O) groups excluding carboxylic acids is 2. The quantitative estimate of drug-likeness (QED) is 0.0465. The molecule has 5 N–H and O–H groups in total. The molecule has 71 heavy (non-hydrogen) atoms. The smallest absolute Gasteiger partial charge is 0.319 e. The monoisotopic (exact) mass is 965 g/mol. The Kier molecular flexibility index (Phi) is 14.6. The SMILES string of the molecule is CCOc1cc(N2CCC(C(=O)NCOCCN3CCC(Cc4ccc(-n5c(O)nnc5-c5cc(C(C)C)c(O)cc5O)cc4)CC3)CC2)ccc1Nc1ncc2c(n1)N(C)c1ccccc1C(=O)N2C. The summed E-state index contributed by atoms with van der Waals surface area (Å²) in [6.45, 7) is 11.3. The molecule has 9 rings (SSSR count). The van der Waals surface area contributed by atoms with Crippen molar-refractivity contribution in [3.63, 3.8) is 0 Å². The number of hydrogen-bond acceptors (Lipinski definition) is 15. The molecular weight excluding hydrogens is 903 g/mol. The average Bonchev–Trinajstić information content (AvgIpc) is 3.74. The zero-order valence-corrected chi connectivity index (χ0v) is 41.0. The summed E-state index contributed by atoms with van der Waals surface area (Å²) in [5.74, 6) is 2.14. The normalized spacial score (nSPS) is 15.7. The van der Waals surface area contributed by atoms with Gasteiger partial charge in [0.2, 0.25) is 11.9 Å². The van der Waals surface area contributed by atoms with Gasteiger partial charge in [0, 0.05) is 57.5 Å². The minimum absolute atomic E-state index is 0.00434. The maximum absolute atomic E-state index is 13.2. The van der Waals surface area contributed by atoms with Crippen LogP contribution in [0.25, 0.3) is 17.1 Å². The van der Waals surface area contributed by atoms with Crippen LogP contribution in [-0.2, 0) is 16.0 Å². The molecule has 18 heteroatoms. The van der Waals surface area contributed by atoms with Gasteiger partial charge in [-0.15, -0.1) is 5.10 Å². The molecule has 0 spiro atoms. The molecule has 0 unspecified atom stereocenters. The van der Waals surface area contributed by atoms with Gasteiger partial charge >= 0.3 is 6.01 Å². The molecule has 0 saturated carbocycles. The topological polar surface area (TPSA) is 207 Å². The van der Waals surface area contributed by atoms with Crippen LogP contribution in [0.5, 0.6) is 23.3 Å². The Bertz CT molecular complexity index is 2860. The second-order valence-electron chi connectivity index (χ2n) is 18.8. The second-order valence-corrected chi connectivity index (χ2v) is 18.8. The molecular formula is C53H63N11O7. The first-order valence-electron chi connectivity index (χ1n) is 24.5. The molecule has 2 aromatic heterocycles. The predicted molar refractivity (Wildman–Crippen MR) is 273 cm³/mol. The summed E-state index contributed by atoms with van der Waals surface area (Å²) in [5.41, 5.74) is 6.58. The Hall–Kier alpha value is -7.44. The number of carbonyl (C=O) groups is 2. The number of fused-ring (bicyclic) bond motifs is 2. The van der Waals surface area contributed by atoms with E-state index >= 15 is 0 Å². The van der Waals surface area contributed by atoms with Crippen molar-refractivity contribution in [1.29, 1.82) is 0 Å². The fraction of sp³-hybridized carbons (Fsp3) is 0.396. The van der Waals surface area contributed by atoms with Gasteiger partial charge in [-0.1, -0.05) is 43.2 Å². The highest BCUT2D eigenvalue weighted by Crippen LogP contribution is 2.41. The number of benzene rings is 4. The summed E-state index contributed by atoms with van der Waals surface area (Å²) in [6, 6.07) is 24.2. The number of para-hydroxylation sites is 1. The van der Waals surface area contributed by atoms with Crippen LogP contribution < -0.4 is 30.1 Å². The first-order chi connectivity index (χ1) is 34.4. The molecule has 372 valence electrons. The van der Waals surface area contributed by atoms with Gasteiger partial charge in [-0.2, -0.15) is 4.98 Å². The number of likely N-dealkylation sites (tertiary alicyclic amines) is 1. The van der Waals surface area contributed by atoms with Crippen molar-refractivity contribution in [3.8, 4) is 40.3 Å². The van der Waals surface area contributed by atoms with Crippen LogP contribution in [0.4, 0.5) is 34.5 Å². The molecule has 3 aliphatic rings. The molecule has 2 amide bonds. The van der Waals surface area contributed by atoms with E-state index in [1.54, 1.807) is 24.2 Å². The number of nitrogens with zero attached hydrogens (tertiary/aromatic N) is 9. The first-order valence-corrected chi connectivity index (χ1v) is 24.5. The summed E-state index contributed by atoms with van der Waals surface area (Å²) in [7, 11) is 3.62. The number of hydrogen-bond donors (Lipinski definition) is 5. The Morgan fingerprint density at radius 3 is 2.32 bits per heavy atom. The number of aromatic nitrogens is 5. The third kappa shape index (κ3) is 10.5. The van der Waals surface area contributed by atoms with Gasteiger partial charge in [-0.25, -0.2) is 9.55 Å². The van der Waals surface area contributed by atoms with Crippen LogP contribution in [0.1, 0.15) is 73.9 Å². The summed E-state index contributed by atoms with van der Waals surface area (Å²) in [5, 5.41) is 46.0. The van der Waals surface area contributed by atoms with Crippen LogP contribution in [0, 0.1) is 11.8 Å². The number of anilines is 6. The Labute approximate surface area is 413 Å². The predicted octanol–water partition coefficient (Wildman–Crippen LogP) is 7.73. The van der Waals surface area contributed by atoms with Crippen molar-refractivity contribution in [1.82, 2.24) is 34.9 Å². The lowest BCUT2D eigenvalue weighted by Crippen LogP contribution is -2.41. The Balaban J connectivity index is 0.694. The van der Waals surface area contributed by atoms with Crippen molar-refractivity contribution < 1.29 is 34.4 Å². The lowest BCUT2D eigenvalue weighted by molar-refractivity contribution is -0.127. The van der Waals surface area contributed by atoms with E-state index in [0.29, 0.717) is 64.7 Å². The number of amides is 2. The van der Waals surface area contributed by atoms with Crippen molar-refractivity contribution in [2.75, 3.05) is 86.8 Å². The Morgan fingerprint density at radius 2 is 1.58 bits per heavy atom. The number of phenols is 2. The number of nitrogens with one attached hydrogen (secondary N) is 2. The zero-order valence-electron chi connectivity index (χ0n) is 41.0. The van der Waals surface area contributed by atoms with Crippen LogP contribution in [0.15, 0.2) is 85.1 Å². The fourth-order valence-electron chi connectivity index (χ4n) is 9.85. The lowest BCUT2D eigenvalue weighted by atomic mass is 9.90. The standard InChI is InChI=1S/C53H63N11O7/c1-6-71-47-28-38(15-16-42(47)56-52-54-31-44-49(57-52)60(4)43-10-8-7-9-39(43)51(68)61(44)5)63-23-19-36(20-24-63)50(67)55-32-70-26-25-62-21-17-35(18-22-62)27-34-11-13-37(14-12-34)64-48(58-59-53(64)69)41-29-40(33(2)3)45(65)30-46(41)66/h7-16,28-31,33,35-36,65-66H,6,17-27,32H2,1-5H3,(H,55,67)(H,59,69)(H,54,56,57). The largest absolute Gasteiger partial charge is 0.508 e. The van der Waals surface area contributed by atoms with Crippen LogP contribution >= 0.6 is 0 Å². The molecule has 0 bridgehead atoms. The molecule has 5 heterocycles. The molecule has 2 fully saturated rings. The first kappa shape index (κ1) is 48.6. The second kappa shape index (κ2) is 21.3. The molecule has 18 nitrogen and oxygen atoms in total. The van der Waals surface area contributed by atoms with E-state index in [1.807, 2.05) is 87.3 Å². The highest BCUT2D eigenvalue weighted by atomic mass is 16.5. The maximum Gasteiger partial charge on any atom is 0.319 e. The van der Waals surface area contributed by atoms with E-state index in [0.717, 1.165) is 81.9 Å². The van der Waals surface area contributed by atoms with E-state index in [1.165, 1.54) is 16.2 Å². The molecule has 6 aromatic rings. The number of rotatable bonds is 16. The van der Waals surface area contributed by atoms with E-state index in [2.05, 4.69) is 47.7 Å². The molecule has 4 aromatic carbocycles. The van der Waals surface area contributed by atoms with Gasteiger partial charge < -0.3 is 55.0 Å². The highest BCUT2D eigenvalue weighted by Gasteiger charge is 2.30. The number of phenolic OH excluding ortho intramolecular Hbond substituents is 2. The maximum atomic E-state index is 13.2. The van der Waals surface area contributed by atoms with Gasteiger partial charge in [-0.3, -0.25) is 9.59 Å². The van der Waals surface area contributed by atoms with E-state index in [4.69, 9.17) is 14.5 Å². The van der Waals surface area contributed by atoms with E-state index in [-0.39, 0.29) is 53.7 Å². The minimum atomic E-state index is -0.292. The molecule has 0 atom stereocenters. The van der Waals surface area contributed by atoms with Gasteiger partial charge in [0.1, 0.15) is 29.7 Å². The molecule has 3 aliphatic heterocycles. The van der Waals surface area contributed by atoms with Gasteiger partial charge in [0.05, 0.1) is 47.6 Å². The summed E-state index contributed by atoms with van der Waals surface area (Å²) in [4.78, 5) is 44.0. The summed E-state index contributed by atoms with van der Waals surface area (Å²) in [6.07, 6.45) is 6.19. The van der Waals surface area contributed by atoms with Crippen molar-refractivity contribution in [2.24, 2.45) is 11.8 Å². The molecule has 0 aliphatic carbocycles. The van der Waals surface area contributed by atoms with Crippen LogP contribution in [0.3, 0.4) is 0 Å². The summed E-state index contributed by atoms with van der Waals surface area (Å²) < 4.78 is 13.5. The van der Waals surface area contributed by atoms with Crippen molar-refractivity contribution in [2.45, 2.75) is 58.8 Å². The summed E-state index contributed by atoms with van der Waals surface area (Å²) >= 11 is 0.